The number of Topliss-reactive ketones (excluding diaryl/α,β-unsaturated/α-hetero) is 1. The summed E-state index contributed by atoms with van der Waals surface area (Å²) in [5.41, 5.74) is 5.32. The molecule has 0 saturated heterocycles. The van der Waals surface area contributed by atoms with Crippen LogP contribution in [0.5, 0.6) is 0 Å². The predicted molar refractivity (Wildman–Crippen MR) is 86.9 cm³/mol. The van der Waals surface area contributed by atoms with E-state index in [1.165, 1.54) is 5.56 Å². The molecule has 2 nitrogen and oxygen atoms in total. The van der Waals surface area contributed by atoms with Gasteiger partial charge in [0.25, 0.3) is 0 Å². The first-order valence-electron chi connectivity index (χ1n) is 7.47. The molecule has 2 heteroatoms. The van der Waals surface area contributed by atoms with Crippen LogP contribution in [0, 0.1) is 0 Å². The van der Waals surface area contributed by atoms with Gasteiger partial charge in [-0.05, 0) is 17.2 Å². The van der Waals surface area contributed by atoms with Gasteiger partial charge >= 0.3 is 0 Å². The number of fused-ring (bicyclic) bond motifs is 3. The number of aromatic nitrogens is 1. The monoisotopic (exact) mass is 285 g/mol. The summed E-state index contributed by atoms with van der Waals surface area (Å²) in [5.74, 6) is 0.282. The molecule has 0 fully saturated rings. The number of hydrogen-bond acceptors (Lipinski definition) is 2. The lowest BCUT2D eigenvalue weighted by Gasteiger charge is -2.12. The van der Waals surface area contributed by atoms with Crippen molar-refractivity contribution in [1.29, 1.82) is 0 Å². The van der Waals surface area contributed by atoms with E-state index in [1.807, 2.05) is 54.7 Å². The van der Waals surface area contributed by atoms with Gasteiger partial charge in [0.05, 0.1) is 5.69 Å². The van der Waals surface area contributed by atoms with Gasteiger partial charge < -0.3 is 0 Å². The SMILES string of the molecule is O=C(CC1c2ccccc2-c2ncccc21)c1ccccc1. The average molecular weight is 285 g/mol. The van der Waals surface area contributed by atoms with E-state index in [2.05, 4.69) is 23.2 Å². The fourth-order valence-corrected chi connectivity index (χ4v) is 3.26. The summed E-state index contributed by atoms with van der Waals surface area (Å²) in [5, 5.41) is 0. The zero-order chi connectivity index (χ0) is 14.9. The van der Waals surface area contributed by atoms with Gasteiger partial charge in [0.2, 0.25) is 0 Å². The van der Waals surface area contributed by atoms with Crippen molar-refractivity contribution < 1.29 is 4.79 Å². The number of hydrogen-bond donors (Lipinski definition) is 0. The number of carbonyl (C=O) groups is 1. The van der Waals surface area contributed by atoms with Gasteiger partial charge in [-0.2, -0.15) is 0 Å². The van der Waals surface area contributed by atoms with Crippen LogP contribution in [-0.2, 0) is 0 Å². The molecule has 1 unspecified atom stereocenters. The third kappa shape index (κ3) is 2.04. The molecule has 0 bridgehead atoms. The van der Waals surface area contributed by atoms with Gasteiger partial charge in [0.15, 0.2) is 5.78 Å². The number of nitrogens with zero attached hydrogens (tertiary/aromatic N) is 1. The van der Waals surface area contributed by atoms with E-state index >= 15 is 0 Å². The summed E-state index contributed by atoms with van der Waals surface area (Å²) in [6, 6.07) is 21.8. The Labute approximate surface area is 129 Å². The summed E-state index contributed by atoms with van der Waals surface area (Å²) in [4.78, 5) is 17.1. The minimum Gasteiger partial charge on any atom is -0.294 e. The molecule has 1 atom stereocenters. The highest BCUT2D eigenvalue weighted by atomic mass is 16.1. The fourth-order valence-electron chi connectivity index (χ4n) is 3.26. The second-order valence-corrected chi connectivity index (χ2v) is 5.57. The summed E-state index contributed by atoms with van der Waals surface area (Å²) in [6.45, 7) is 0. The number of pyridine rings is 1. The molecule has 1 aromatic heterocycles. The lowest BCUT2D eigenvalue weighted by molar-refractivity contribution is 0.0978. The highest BCUT2D eigenvalue weighted by Gasteiger charge is 2.30. The summed E-state index contributed by atoms with van der Waals surface area (Å²) in [6.07, 6.45) is 2.30. The molecule has 0 N–H and O–H groups in total. The van der Waals surface area contributed by atoms with Crippen LogP contribution >= 0.6 is 0 Å². The maximum atomic E-state index is 12.6. The van der Waals surface area contributed by atoms with E-state index < -0.39 is 0 Å². The van der Waals surface area contributed by atoms with E-state index in [0.29, 0.717) is 6.42 Å². The van der Waals surface area contributed by atoms with Gasteiger partial charge in [-0.25, -0.2) is 0 Å². The molecule has 1 heterocycles. The fraction of sp³-hybridized carbons (Fsp3) is 0.100. The number of ketones is 1. The maximum Gasteiger partial charge on any atom is 0.163 e. The molecule has 22 heavy (non-hydrogen) atoms. The standard InChI is InChI=1S/C20H15NO/c22-19(14-7-2-1-3-8-14)13-18-15-9-4-5-10-16(15)20-17(18)11-6-12-21-20/h1-12,18H,13H2. The van der Waals surface area contributed by atoms with Crippen molar-refractivity contribution in [3.05, 3.63) is 89.6 Å². The minimum atomic E-state index is 0.104. The van der Waals surface area contributed by atoms with Crippen LogP contribution in [-0.4, -0.2) is 10.8 Å². The second kappa shape index (κ2) is 5.23. The third-order valence-electron chi connectivity index (χ3n) is 4.29. The maximum absolute atomic E-state index is 12.6. The Morgan fingerprint density at radius 3 is 2.45 bits per heavy atom. The van der Waals surface area contributed by atoms with Crippen LogP contribution in [0.1, 0.15) is 33.8 Å². The van der Waals surface area contributed by atoms with Gasteiger partial charge in [0.1, 0.15) is 0 Å². The lowest BCUT2D eigenvalue weighted by atomic mass is 9.90. The first-order valence-corrected chi connectivity index (χ1v) is 7.47. The lowest BCUT2D eigenvalue weighted by Crippen LogP contribution is -2.06. The predicted octanol–water partition coefficient (Wildman–Crippen LogP) is 4.47. The van der Waals surface area contributed by atoms with Crippen LogP contribution in [0.2, 0.25) is 0 Å². The topological polar surface area (TPSA) is 30.0 Å². The van der Waals surface area contributed by atoms with Crippen LogP contribution in [0.3, 0.4) is 0 Å². The smallest absolute Gasteiger partial charge is 0.163 e. The van der Waals surface area contributed by atoms with Crippen molar-refractivity contribution in [1.82, 2.24) is 4.98 Å². The molecular weight excluding hydrogens is 270 g/mol. The van der Waals surface area contributed by atoms with Crippen LogP contribution < -0.4 is 0 Å². The van der Waals surface area contributed by atoms with Crippen molar-refractivity contribution in [3.63, 3.8) is 0 Å². The molecule has 0 aliphatic heterocycles. The van der Waals surface area contributed by atoms with Crippen LogP contribution in [0.15, 0.2) is 72.9 Å². The molecule has 0 radical (unpaired) electrons. The molecule has 0 amide bonds. The van der Waals surface area contributed by atoms with Crippen molar-refractivity contribution in [2.45, 2.75) is 12.3 Å². The largest absolute Gasteiger partial charge is 0.294 e. The number of benzene rings is 2. The normalized spacial score (nSPS) is 15.2. The van der Waals surface area contributed by atoms with Crippen molar-refractivity contribution in [2.24, 2.45) is 0 Å². The van der Waals surface area contributed by atoms with Gasteiger partial charge in [-0.1, -0.05) is 60.7 Å². The number of carbonyl (C=O) groups excluding carboxylic acids is 1. The average Bonchev–Trinajstić information content (AvgIpc) is 2.90. The Balaban J connectivity index is 1.74. The van der Waals surface area contributed by atoms with E-state index in [9.17, 15) is 4.79 Å². The van der Waals surface area contributed by atoms with Gasteiger partial charge in [0, 0.05) is 29.7 Å². The quantitative estimate of drug-likeness (QED) is 0.665. The minimum absolute atomic E-state index is 0.104. The Bertz CT molecular complexity index is 794. The zero-order valence-electron chi connectivity index (χ0n) is 12.1. The molecule has 106 valence electrons. The molecule has 2 aromatic carbocycles. The Hall–Kier alpha value is -2.74. The van der Waals surface area contributed by atoms with Crippen LogP contribution in [0.25, 0.3) is 11.3 Å². The van der Waals surface area contributed by atoms with E-state index in [0.717, 1.165) is 22.4 Å². The molecule has 1 aliphatic carbocycles. The summed E-state index contributed by atoms with van der Waals surface area (Å²) < 4.78 is 0. The third-order valence-corrected chi connectivity index (χ3v) is 4.29. The zero-order valence-corrected chi connectivity index (χ0v) is 12.1. The van der Waals surface area contributed by atoms with Gasteiger partial charge in [-0.3, -0.25) is 9.78 Å². The molecule has 0 spiro atoms. The molecule has 1 aliphatic rings. The second-order valence-electron chi connectivity index (χ2n) is 5.57. The molecule has 3 aromatic rings. The van der Waals surface area contributed by atoms with Crippen LogP contribution in [0.4, 0.5) is 0 Å². The van der Waals surface area contributed by atoms with E-state index in [1.54, 1.807) is 0 Å². The Kier molecular flexibility index (Phi) is 3.08. The molecule has 0 saturated carbocycles. The summed E-state index contributed by atoms with van der Waals surface area (Å²) in [7, 11) is 0. The molecular formula is C20H15NO. The highest BCUT2D eigenvalue weighted by Crippen LogP contribution is 2.45. The summed E-state index contributed by atoms with van der Waals surface area (Å²) >= 11 is 0. The van der Waals surface area contributed by atoms with Crippen molar-refractivity contribution >= 4 is 5.78 Å². The number of rotatable bonds is 3. The first kappa shape index (κ1) is 13.0. The molecule has 4 rings (SSSR count). The van der Waals surface area contributed by atoms with Gasteiger partial charge in [-0.15, -0.1) is 0 Å². The van der Waals surface area contributed by atoms with E-state index in [4.69, 9.17) is 0 Å². The van der Waals surface area contributed by atoms with Crippen molar-refractivity contribution in [3.8, 4) is 11.3 Å². The Morgan fingerprint density at radius 1 is 0.864 bits per heavy atom. The van der Waals surface area contributed by atoms with Crippen molar-refractivity contribution in [2.75, 3.05) is 0 Å². The van der Waals surface area contributed by atoms with E-state index in [-0.39, 0.29) is 11.7 Å². The highest BCUT2D eigenvalue weighted by molar-refractivity contribution is 5.97. The first-order chi connectivity index (χ1) is 10.8. The Morgan fingerprint density at radius 2 is 1.59 bits per heavy atom.